The van der Waals surface area contributed by atoms with Crippen LogP contribution in [0.4, 0.5) is 0 Å². The zero-order chi connectivity index (χ0) is 20.9. The molecule has 158 valence electrons. The highest BCUT2D eigenvalue weighted by Gasteiger charge is 2.12. The molecule has 0 bridgehead atoms. The van der Waals surface area contributed by atoms with Gasteiger partial charge in [-0.05, 0) is 55.8 Å². The van der Waals surface area contributed by atoms with Crippen molar-refractivity contribution in [3.63, 3.8) is 0 Å². The van der Waals surface area contributed by atoms with Crippen LogP contribution in [0.3, 0.4) is 0 Å². The van der Waals surface area contributed by atoms with Gasteiger partial charge >= 0.3 is 0 Å². The molecule has 0 spiro atoms. The topological polar surface area (TPSA) is 68.8 Å². The van der Waals surface area contributed by atoms with Gasteiger partial charge in [-0.25, -0.2) is 0 Å². The van der Waals surface area contributed by atoms with Crippen LogP contribution in [0, 0.1) is 0 Å². The van der Waals surface area contributed by atoms with Gasteiger partial charge in [-0.1, -0.05) is 26.0 Å². The molecule has 6 nitrogen and oxygen atoms in total. The van der Waals surface area contributed by atoms with Gasteiger partial charge in [0.2, 0.25) is 0 Å². The standard InChI is InChI=1S/C23H32N2O4/c1-4-13-28-21-11-8-19(16-22(21)29-14-5-2)23(26)25-17-18-6-9-20(10-7-18)27-15-12-24-3/h6-11,16,24H,4-5,12-15,17H2,1-3H3,(H,25,26). The molecular weight excluding hydrogens is 368 g/mol. The quantitative estimate of drug-likeness (QED) is 0.501. The Kier molecular flexibility index (Phi) is 9.86. The third kappa shape index (κ3) is 7.66. The summed E-state index contributed by atoms with van der Waals surface area (Å²) in [5.74, 6) is 1.94. The van der Waals surface area contributed by atoms with Gasteiger partial charge in [0, 0.05) is 18.7 Å². The number of likely N-dealkylation sites (N-methyl/N-ethyl adjacent to an activating group) is 1. The first-order valence-corrected chi connectivity index (χ1v) is 10.2. The second kappa shape index (κ2) is 12.7. The van der Waals surface area contributed by atoms with Crippen LogP contribution in [0.25, 0.3) is 0 Å². The van der Waals surface area contributed by atoms with Gasteiger partial charge in [-0.3, -0.25) is 4.79 Å². The van der Waals surface area contributed by atoms with E-state index < -0.39 is 0 Å². The first kappa shape index (κ1) is 22.6. The zero-order valence-electron chi connectivity index (χ0n) is 17.6. The number of hydrogen-bond acceptors (Lipinski definition) is 5. The van der Waals surface area contributed by atoms with Gasteiger partial charge in [0.05, 0.1) is 13.2 Å². The minimum absolute atomic E-state index is 0.150. The van der Waals surface area contributed by atoms with E-state index in [-0.39, 0.29) is 5.91 Å². The molecule has 0 aliphatic carbocycles. The molecule has 0 saturated heterocycles. The van der Waals surface area contributed by atoms with Crippen molar-refractivity contribution in [3.8, 4) is 17.2 Å². The third-order valence-corrected chi connectivity index (χ3v) is 4.13. The Bertz CT molecular complexity index is 747. The Labute approximate surface area is 173 Å². The van der Waals surface area contributed by atoms with E-state index in [1.165, 1.54) is 0 Å². The Balaban J connectivity index is 1.95. The molecule has 0 aliphatic heterocycles. The summed E-state index contributed by atoms with van der Waals surface area (Å²) in [6.45, 7) is 7.14. The van der Waals surface area contributed by atoms with E-state index in [1.54, 1.807) is 18.2 Å². The molecule has 2 rings (SSSR count). The Hall–Kier alpha value is -2.73. The fourth-order valence-electron chi connectivity index (χ4n) is 2.56. The predicted molar refractivity (Wildman–Crippen MR) is 115 cm³/mol. The SMILES string of the molecule is CCCOc1ccc(C(=O)NCc2ccc(OCCNC)cc2)cc1OCCC. The average molecular weight is 401 g/mol. The number of nitrogens with one attached hydrogen (secondary N) is 2. The molecule has 6 heteroatoms. The summed E-state index contributed by atoms with van der Waals surface area (Å²) >= 11 is 0. The van der Waals surface area contributed by atoms with E-state index in [0.717, 1.165) is 30.7 Å². The van der Waals surface area contributed by atoms with E-state index in [2.05, 4.69) is 17.6 Å². The fraction of sp³-hybridized carbons (Fsp3) is 0.435. The molecule has 0 fully saturated rings. The molecule has 2 N–H and O–H groups in total. The van der Waals surface area contributed by atoms with E-state index in [9.17, 15) is 4.79 Å². The summed E-state index contributed by atoms with van der Waals surface area (Å²) < 4.78 is 17.1. The normalized spacial score (nSPS) is 10.4. The molecule has 0 unspecified atom stereocenters. The van der Waals surface area contributed by atoms with Crippen LogP contribution < -0.4 is 24.8 Å². The molecule has 1 amide bonds. The lowest BCUT2D eigenvalue weighted by Crippen LogP contribution is -2.22. The van der Waals surface area contributed by atoms with E-state index in [0.29, 0.717) is 43.4 Å². The minimum atomic E-state index is -0.150. The van der Waals surface area contributed by atoms with E-state index in [4.69, 9.17) is 14.2 Å². The molecule has 0 aliphatic rings. The van der Waals surface area contributed by atoms with Crippen molar-refractivity contribution in [1.29, 1.82) is 0 Å². The number of ether oxygens (including phenoxy) is 3. The number of hydrogen-bond donors (Lipinski definition) is 2. The fourth-order valence-corrected chi connectivity index (χ4v) is 2.56. The maximum Gasteiger partial charge on any atom is 0.251 e. The van der Waals surface area contributed by atoms with E-state index >= 15 is 0 Å². The molecule has 0 saturated carbocycles. The molecular formula is C23H32N2O4. The van der Waals surface area contributed by atoms with Crippen LogP contribution >= 0.6 is 0 Å². The Morgan fingerprint density at radius 2 is 1.55 bits per heavy atom. The monoisotopic (exact) mass is 400 g/mol. The number of amides is 1. The molecule has 0 heterocycles. The second-order valence-electron chi connectivity index (χ2n) is 6.64. The Morgan fingerprint density at radius 3 is 2.21 bits per heavy atom. The highest BCUT2D eigenvalue weighted by atomic mass is 16.5. The van der Waals surface area contributed by atoms with Crippen molar-refractivity contribution >= 4 is 5.91 Å². The molecule has 0 atom stereocenters. The van der Waals surface area contributed by atoms with Crippen molar-refractivity contribution in [2.45, 2.75) is 33.2 Å². The average Bonchev–Trinajstić information content (AvgIpc) is 2.75. The van der Waals surface area contributed by atoms with Crippen LogP contribution in [0.2, 0.25) is 0 Å². The van der Waals surface area contributed by atoms with Gasteiger partial charge in [-0.2, -0.15) is 0 Å². The molecule has 0 aromatic heterocycles. The van der Waals surface area contributed by atoms with E-state index in [1.807, 2.05) is 38.2 Å². The summed E-state index contributed by atoms with van der Waals surface area (Å²) in [4.78, 5) is 12.6. The maximum atomic E-state index is 12.6. The van der Waals surface area contributed by atoms with Gasteiger partial charge in [0.1, 0.15) is 12.4 Å². The van der Waals surface area contributed by atoms with Crippen molar-refractivity contribution in [1.82, 2.24) is 10.6 Å². The molecule has 2 aromatic carbocycles. The zero-order valence-corrected chi connectivity index (χ0v) is 17.6. The van der Waals surface area contributed by atoms with Crippen molar-refractivity contribution in [2.24, 2.45) is 0 Å². The van der Waals surface area contributed by atoms with Crippen LogP contribution in [-0.2, 0) is 6.54 Å². The summed E-state index contributed by atoms with van der Waals surface area (Å²) in [5.41, 5.74) is 1.55. The molecule has 0 radical (unpaired) electrons. The molecule has 29 heavy (non-hydrogen) atoms. The van der Waals surface area contributed by atoms with Crippen molar-refractivity contribution in [2.75, 3.05) is 33.4 Å². The number of rotatable bonds is 13. The lowest BCUT2D eigenvalue weighted by atomic mass is 10.1. The van der Waals surface area contributed by atoms with Crippen LogP contribution in [0.1, 0.15) is 42.6 Å². The van der Waals surface area contributed by atoms with Crippen molar-refractivity contribution < 1.29 is 19.0 Å². The summed E-state index contributed by atoms with van der Waals surface area (Å²) in [5, 5.41) is 5.98. The highest BCUT2D eigenvalue weighted by molar-refractivity contribution is 5.94. The largest absolute Gasteiger partial charge is 0.492 e. The van der Waals surface area contributed by atoms with Crippen molar-refractivity contribution in [3.05, 3.63) is 53.6 Å². The van der Waals surface area contributed by atoms with Crippen LogP contribution in [0.5, 0.6) is 17.2 Å². The maximum absolute atomic E-state index is 12.6. The van der Waals surface area contributed by atoms with Gasteiger partial charge in [0.25, 0.3) is 5.91 Å². The Morgan fingerprint density at radius 1 is 0.862 bits per heavy atom. The lowest BCUT2D eigenvalue weighted by molar-refractivity contribution is 0.0950. The number of carbonyl (C=O) groups is 1. The van der Waals surface area contributed by atoms with Crippen LogP contribution in [0.15, 0.2) is 42.5 Å². The number of benzene rings is 2. The molecule has 2 aromatic rings. The van der Waals surface area contributed by atoms with Gasteiger partial charge in [-0.15, -0.1) is 0 Å². The second-order valence-corrected chi connectivity index (χ2v) is 6.64. The highest BCUT2D eigenvalue weighted by Crippen LogP contribution is 2.29. The van der Waals surface area contributed by atoms with Gasteiger partial charge < -0.3 is 24.8 Å². The first-order chi connectivity index (χ1) is 14.2. The minimum Gasteiger partial charge on any atom is -0.492 e. The summed E-state index contributed by atoms with van der Waals surface area (Å²) in [7, 11) is 1.89. The van der Waals surface area contributed by atoms with Crippen LogP contribution in [-0.4, -0.2) is 39.3 Å². The number of carbonyl (C=O) groups excluding carboxylic acids is 1. The van der Waals surface area contributed by atoms with Gasteiger partial charge in [0.15, 0.2) is 11.5 Å². The summed E-state index contributed by atoms with van der Waals surface area (Å²) in [6.07, 6.45) is 1.80. The third-order valence-electron chi connectivity index (χ3n) is 4.13. The smallest absolute Gasteiger partial charge is 0.251 e. The lowest BCUT2D eigenvalue weighted by Gasteiger charge is -2.14. The predicted octanol–water partition coefficient (Wildman–Crippen LogP) is 3.79. The first-order valence-electron chi connectivity index (χ1n) is 10.2. The summed E-state index contributed by atoms with van der Waals surface area (Å²) in [6, 6.07) is 13.0.